The topological polar surface area (TPSA) is 46.1 Å². The molecule has 0 aromatic carbocycles. The third kappa shape index (κ3) is 6.73. The Hall–Kier alpha value is -0.580. The van der Waals surface area contributed by atoms with E-state index < -0.39 is 0 Å². The smallest absolute Gasteiger partial charge is 0.191 e. The number of thiophene rings is 1. The van der Waals surface area contributed by atoms with Crippen LogP contribution in [0.2, 0.25) is 0 Å². The summed E-state index contributed by atoms with van der Waals surface area (Å²) in [5, 5.41) is 10.9. The molecular weight excluding hydrogens is 531 g/mol. The highest BCUT2D eigenvalue weighted by Gasteiger charge is 2.39. The molecule has 0 radical (unpaired) electrons. The Bertz CT molecular complexity index is 675. The Kier molecular flexibility index (Phi) is 10.4. The summed E-state index contributed by atoms with van der Waals surface area (Å²) in [6.07, 6.45) is 8.92. The van der Waals surface area contributed by atoms with Crippen molar-refractivity contribution in [1.82, 2.24) is 20.4 Å². The number of piperidine rings is 3. The highest BCUT2D eigenvalue weighted by Crippen LogP contribution is 2.32. The van der Waals surface area contributed by atoms with E-state index in [0.29, 0.717) is 6.04 Å². The van der Waals surface area contributed by atoms with Crippen LogP contribution in [-0.2, 0) is 0 Å². The zero-order valence-electron chi connectivity index (χ0n) is 20.0. The van der Waals surface area contributed by atoms with Crippen LogP contribution in [0.4, 0.5) is 5.00 Å². The number of hydrogen-bond donors (Lipinski definition) is 2. The van der Waals surface area contributed by atoms with E-state index in [1.807, 2.05) is 11.3 Å². The first-order chi connectivity index (χ1) is 15.2. The summed E-state index contributed by atoms with van der Waals surface area (Å²) >= 11 is 1.85. The van der Waals surface area contributed by atoms with E-state index in [4.69, 9.17) is 4.99 Å². The van der Waals surface area contributed by atoms with Gasteiger partial charge in [-0.15, -0.1) is 35.3 Å². The van der Waals surface area contributed by atoms with Crippen LogP contribution < -0.4 is 15.5 Å². The van der Waals surface area contributed by atoms with Gasteiger partial charge in [-0.05, 0) is 96.2 Å². The zero-order valence-corrected chi connectivity index (χ0v) is 23.2. The Labute approximate surface area is 216 Å². The maximum atomic E-state index is 5.20. The van der Waals surface area contributed by atoms with Gasteiger partial charge < -0.3 is 20.4 Å². The minimum Gasteiger partial charge on any atom is -0.363 e. The molecule has 0 bridgehead atoms. The van der Waals surface area contributed by atoms with Crippen LogP contribution in [0.5, 0.6) is 0 Å². The quantitative estimate of drug-likeness (QED) is 0.307. The maximum absolute atomic E-state index is 5.20. The monoisotopic (exact) mass is 574 g/mol. The lowest BCUT2D eigenvalue weighted by Gasteiger charge is -2.49. The maximum Gasteiger partial charge on any atom is 0.191 e. The number of halogens is 1. The second kappa shape index (κ2) is 12.8. The number of aliphatic imine (C=N–C) groups is 1. The van der Waals surface area contributed by atoms with Gasteiger partial charge in [-0.2, -0.15) is 0 Å². The van der Waals surface area contributed by atoms with Gasteiger partial charge in [0.1, 0.15) is 0 Å². The van der Waals surface area contributed by atoms with Gasteiger partial charge in [-0.1, -0.05) is 6.42 Å². The molecule has 4 rings (SSSR count). The Morgan fingerprint density at radius 3 is 2.44 bits per heavy atom. The van der Waals surface area contributed by atoms with Gasteiger partial charge in [0, 0.05) is 31.2 Å². The van der Waals surface area contributed by atoms with Crippen molar-refractivity contribution in [2.24, 2.45) is 4.99 Å². The molecule has 6 nitrogen and oxygen atoms in total. The zero-order chi connectivity index (χ0) is 21.5. The van der Waals surface area contributed by atoms with Crippen molar-refractivity contribution in [2.75, 3.05) is 64.3 Å². The van der Waals surface area contributed by atoms with Gasteiger partial charge in [0.2, 0.25) is 0 Å². The Morgan fingerprint density at radius 1 is 1.09 bits per heavy atom. The van der Waals surface area contributed by atoms with Gasteiger partial charge in [0.25, 0.3) is 0 Å². The molecule has 0 spiro atoms. The molecule has 4 heterocycles. The van der Waals surface area contributed by atoms with Crippen molar-refractivity contribution >= 4 is 46.3 Å². The molecule has 0 aliphatic carbocycles. The predicted octanol–water partition coefficient (Wildman–Crippen LogP) is 3.84. The van der Waals surface area contributed by atoms with Gasteiger partial charge in [-0.25, -0.2) is 0 Å². The second-order valence-electron chi connectivity index (χ2n) is 9.63. The minimum atomic E-state index is 0. The van der Waals surface area contributed by atoms with E-state index in [2.05, 4.69) is 56.8 Å². The van der Waals surface area contributed by atoms with E-state index in [-0.39, 0.29) is 29.5 Å². The number of guanidine groups is 1. The lowest BCUT2D eigenvalue weighted by Crippen LogP contribution is -2.58. The predicted molar refractivity (Wildman–Crippen MR) is 149 cm³/mol. The summed E-state index contributed by atoms with van der Waals surface area (Å²) in [5.41, 5.74) is 0.248. The molecule has 1 aromatic rings. The molecule has 3 fully saturated rings. The molecule has 8 heteroatoms. The number of anilines is 1. The molecule has 3 saturated heterocycles. The first-order valence-electron chi connectivity index (χ1n) is 12.5. The molecule has 182 valence electrons. The fraction of sp³-hybridized carbons (Fsp3) is 0.792. The number of nitrogens with one attached hydrogen (secondary N) is 2. The van der Waals surface area contributed by atoms with Crippen LogP contribution in [0.3, 0.4) is 0 Å². The summed E-state index contributed by atoms with van der Waals surface area (Å²) in [5.74, 6) is 1.02. The lowest BCUT2D eigenvalue weighted by molar-refractivity contribution is 0.0208. The van der Waals surface area contributed by atoms with Crippen molar-refractivity contribution in [1.29, 1.82) is 0 Å². The molecular formula is C24H43IN6S. The summed E-state index contributed by atoms with van der Waals surface area (Å²) in [4.78, 5) is 13.0. The highest BCUT2D eigenvalue weighted by molar-refractivity contribution is 14.0. The first kappa shape index (κ1) is 26.0. The second-order valence-corrected chi connectivity index (χ2v) is 10.6. The summed E-state index contributed by atoms with van der Waals surface area (Å²) < 4.78 is 0. The minimum absolute atomic E-state index is 0. The largest absolute Gasteiger partial charge is 0.363 e. The van der Waals surface area contributed by atoms with E-state index in [1.165, 1.54) is 76.1 Å². The molecule has 32 heavy (non-hydrogen) atoms. The normalized spacial score (nSPS) is 23.6. The van der Waals surface area contributed by atoms with Crippen molar-refractivity contribution in [3.63, 3.8) is 0 Å². The summed E-state index contributed by atoms with van der Waals surface area (Å²) in [6.45, 7) is 11.2. The lowest BCUT2D eigenvalue weighted by atomic mass is 9.84. The highest BCUT2D eigenvalue weighted by atomic mass is 127. The van der Waals surface area contributed by atoms with Crippen molar-refractivity contribution in [3.05, 3.63) is 17.5 Å². The van der Waals surface area contributed by atoms with Gasteiger partial charge in [-0.3, -0.25) is 9.89 Å². The van der Waals surface area contributed by atoms with Crippen LogP contribution >= 0.6 is 35.3 Å². The number of rotatable bonds is 6. The van der Waals surface area contributed by atoms with Crippen LogP contribution in [0.15, 0.2) is 22.5 Å². The van der Waals surface area contributed by atoms with Crippen LogP contribution in [0.1, 0.15) is 51.9 Å². The van der Waals surface area contributed by atoms with E-state index in [0.717, 1.165) is 32.1 Å². The van der Waals surface area contributed by atoms with Gasteiger partial charge in [0.15, 0.2) is 5.96 Å². The molecule has 0 saturated carbocycles. The van der Waals surface area contributed by atoms with Crippen LogP contribution in [0.25, 0.3) is 0 Å². The molecule has 0 atom stereocenters. The van der Waals surface area contributed by atoms with Gasteiger partial charge >= 0.3 is 0 Å². The molecule has 3 aliphatic heterocycles. The van der Waals surface area contributed by atoms with Gasteiger partial charge in [0.05, 0.1) is 11.5 Å². The van der Waals surface area contributed by atoms with Crippen LogP contribution in [0, 0.1) is 0 Å². The number of hydrogen-bond acceptors (Lipinski definition) is 5. The fourth-order valence-electron chi connectivity index (χ4n) is 5.41. The standard InChI is InChI=1S/C24H42N6S.HI/c1-3-25-23(27-21-9-15-29(16-10-21)22-8-7-19-31-22)26-20-24(11-17-28(2)18-12-24)30-13-5-4-6-14-30;/h7-8,19,21H,3-6,9-18,20H2,1-2H3,(H2,25,26,27);1H. The Morgan fingerprint density at radius 2 is 1.81 bits per heavy atom. The van der Waals surface area contributed by atoms with E-state index in [1.54, 1.807) is 0 Å². The SMILES string of the molecule is CCNC(=NCC1(N2CCCCC2)CCN(C)CC1)NC1CCN(c2cccs2)CC1.I. The average Bonchev–Trinajstić information content (AvgIpc) is 3.35. The molecule has 2 N–H and O–H groups in total. The number of likely N-dealkylation sites (tertiary alicyclic amines) is 2. The van der Waals surface area contributed by atoms with Crippen LogP contribution in [-0.4, -0.2) is 86.7 Å². The Balaban J connectivity index is 0.00000289. The molecule has 3 aliphatic rings. The van der Waals surface area contributed by atoms with Crippen molar-refractivity contribution < 1.29 is 0 Å². The number of nitrogens with zero attached hydrogens (tertiary/aromatic N) is 4. The summed E-state index contributed by atoms with van der Waals surface area (Å²) in [7, 11) is 2.26. The molecule has 0 amide bonds. The first-order valence-corrected chi connectivity index (χ1v) is 13.3. The third-order valence-electron chi connectivity index (χ3n) is 7.47. The molecule has 0 unspecified atom stereocenters. The summed E-state index contributed by atoms with van der Waals surface area (Å²) in [6, 6.07) is 4.91. The van der Waals surface area contributed by atoms with Crippen molar-refractivity contribution in [2.45, 2.75) is 63.5 Å². The van der Waals surface area contributed by atoms with E-state index >= 15 is 0 Å². The fourth-order valence-corrected chi connectivity index (χ4v) is 6.20. The van der Waals surface area contributed by atoms with E-state index in [9.17, 15) is 0 Å². The molecule has 1 aromatic heterocycles. The van der Waals surface area contributed by atoms with Crippen molar-refractivity contribution in [3.8, 4) is 0 Å². The third-order valence-corrected chi connectivity index (χ3v) is 8.40. The average molecular weight is 575 g/mol.